The van der Waals surface area contributed by atoms with Crippen LogP contribution in [0.25, 0.3) is 0 Å². The molecule has 1 heterocycles. The van der Waals surface area contributed by atoms with Gasteiger partial charge in [-0.2, -0.15) is 0 Å². The van der Waals surface area contributed by atoms with Gasteiger partial charge in [-0.15, -0.1) is 0 Å². The first-order valence-corrected chi connectivity index (χ1v) is 13.3. The van der Waals surface area contributed by atoms with Crippen molar-refractivity contribution in [2.24, 2.45) is 11.3 Å². The van der Waals surface area contributed by atoms with E-state index in [9.17, 15) is 18.4 Å². The van der Waals surface area contributed by atoms with E-state index in [-0.39, 0.29) is 39.1 Å². The third-order valence-electron chi connectivity index (χ3n) is 6.87. The first kappa shape index (κ1) is 30.3. The highest BCUT2D eigenvalue weighted by molar-refractivity contribution is 6.31. The Morgan fingerprint density at radius 2 is 1.74 bits per heavy atom. The first-order valence-electron chi connectivity index (χ1n) is 12.6. The van der Waals surface area contributed by atoms with Gasteiger partial charge in [-0.25, -0.2) is 8.78 Å². The summed E-state index contributed by atoms with van der Waals surface area (Å²) in [5.74, 6) is -2.62. The molecule has 3 unspecified atom stereocenters. The van der Waals surface area contributed by atoms with E-state index in [0.717, 1.165) is 0 Å². The maximum Gasteiger partial charge on any atom is 0.229 e. The predicted octanol–water partition coefficient (Wildman–Crippen LogP) is 5.66. The van der Waals surface area contributed by atoms with Gasteiger partial charge in [0.15, 0.2) is 5.82 Å². The van der Waals surface area contributed by atoms with Gasteiger partial charge in [0.2, 0.25) is 12.3 Å². The number of halogens is 4. The van der Waals surface area contributed by atoms with E-state index < -0.39 is 29.1 Å². The summed E-state index contributed by atoms with van der Waals surface area (Å²) in [6, 6.07) is 9.24. The number of carbonyl (C=O) groups excluding carboxylic acids is 2. The molecule has 1 saturated heterocycles. The number of aliphatic hydroxyl groups is 1. The minimum absolute atomic E-state index is 0.00854. The fourth-order valence-electron chi connectivity index (χ4n) is 5.18. The molecule has 1 aliphatic heterocycles. The predicted molar refractivity (Wildman–Crippen MR) is 146 cm³/mol. The SMILES string of the molecule is CC(C)(C)CC1NCC(c2cccc(Cl)c2F)C1C(=O)Nc1cccc(Cl)c1F.CC1(O)CC(NC=O)C1. The molecule has 1 saturated carbocycles. The molecule has 6 nitrogen and oxygen atoms in total. The third kappa shape index (κ3) is 7.65. The van der Waals surface area contributed by atoms with E-state index in [1.165, 1.54) is 18.2 Å². The molecule has 2 aromatic carbocycles. The molecule has 208 valence electrons. The van der Waals surface area contributed by atoms with Crippen LogP contribution in [0, 0.1) is 23.0 Å². The number of benzene rings is 2. The van der Waals surface area contributed by atoms with Crippen molar-refractivity contribution in [2.45, 2.75) is 70.6 Å². The van der Waals surface area contributed by atoms with E-state index in [4.69, 9.17) is 28.3 Å². The topological polar surface area (TPSA) is 90.5 Å². The van der Waals surface area contributed by atoms with Crippen molar-refractivity contribution in [3.05, 3.63) is 63.6 Å². The van der Waals surface area contributed by atoms with Crippen LogP contribution in [0.3, 0.4) is 0 Å². The summed E-state index contributed by atoms with van der Waals surface area (Å²) >= 11 is 11.8. The van der Waals surface area contributed by atoms with Crippen LogP contribution < -0.4 is 16.0 Å². The summed E-state index contributed by atoms with van der Waals surface area (Å²) in [7, 11) is 0. The largest absolute Gasteiger partial charge is 0.390 e. The van der Waals surface area contributed by atoms with Crippen LogP contribution in [-0.4, -0.2) is 41.7 Å². The van der Waals surface area contributed by atoms with Crippen LogP contribution >= 0.6 is 23.2 Å². The molecule has 0 spiro atoms. The minimum Gasteiger partial charge on any atom is -0.390 e. The van der Waals surface area contributed by atoms with Gasteiger partial charge in [0, 0.05) is 24.5 Å². The van der Waals surface area contributed by atoms with Crippen molar-refractivity contribution < 1.29 is 23.5 Å². The molecule has 4 rings (SSSR count). The van der Waals surface area contributed by atoms with Gasteiger partial charge < -0.3 is 21.1 Å². The molecule has 1 aliphatic carbocycles. The number of anilines is 1. The Bertz CT molecular complexity index is 1150. The van der Waals surface area contributed by atoms with Gasteiger partial charge in [-0.1, -0.05) is 62.2 Å². The van der Waals surface area contributed by atoms with Crippen LogP contribution in [0.4, 0.5) is 14.5 Å². The molecular formula is C28H35Cl2F2N3O3. The van der Waals surface area contributed by atoms with Crippen LogP contribution in [0.1, 0.15) is 58.4 Å². The summed E-state index contributed by atoms with van der Waals surface area (Å²) in [6.07, 6.45) is 2.75. The Hall–Kier alpha value is -2.26. The lowest BCUT2D eigenvalue weighted by Crippen LogP contribution is -2.51. The molecule has 38 heavy (non-hydrogen) atoms. The second kappa shape index (κ2) is 12.3. The Morgan fingerprint density at radius 1 is 1.13 bits per heavy atom. The summed E-state index contributed by atoms with van der Waals surface area (Å²) < 4.78 is 29.0. The molecule has 2 aliphatic rings. The summed E-state index contributed by atoms with van der Waals surface area (Å²) in [5.41, 5.74) is -0.192. The zero-order valence-corrected chi connectivity index (χ0v) is 23.5. The molecular weight excluding hydrogens is 535 g/mol. The molecule has 2 fully saturated rings. The van der Waals surface area contributed by atoms with E-state index in [0.29, 0.717) is 37.8 Å². The average Bonchev–Trinajstić information content (AvgIpc) is 3.20. The van der Waals surface area contributed by atoms with Crippen LogP contribution in [-0.2, 0) is 9.59 Å². The maximum atomic E-state index is 14.7. The lowest BCUT2D eigenvalue weighted by atomic mass is 9.77. The number of hydrogen-bond donors (Lipinski definition) is 4. The molecule has 0 radical (unpaired) electrons. The standard InChI is InChI=1S/C22H24Cl2F2N2O.C6H11NO2/c1-22(2,3)10-17-18(21(29)28-16-9-5-8-15(24)20(16)26)13(11-27-17)12-6-4-7-14(23)19(12)25;1-6(9)2-5(3-6)7-4-8/h4-9,13,17-18,27H,10-11H2,1-3H3,(H,28,29);4-5,9H,2-3H2,1H3,(H,7,8). The summed E-state index contributed by atoms with van der Waals surface area (Å²) in [5, 5.41) is 17.7. The molecule has 2 aromatic rings. The maximum absolute atomic E-state index is 14.7. The fourth-order valence-corrected chi connectivity index (χ4v) is 5.54. The number of rotatable bonds is 6. The van der Waals surface area contributed by atoms with E-state index >= 15 is 0 Å². The lowest BCUT2D eigenvalue weighted by molar-refractivity contribution is -0.120. The smallest absolute Gasteiger partial charge is 0.229 e. The summed E-state index contributed by atoms with van der Waals surface area (Å²) in [6.45, 7) is 8.43. The van der Waals surface area contributed by atoms with Crippen molar-refractivity contribution in [2.75, 3.05) is 11.9 Å². The molecule has 0 bridgehead atoms. The number of nitrogens with one attached hydrogen (secondary N) is 3. The van der Waals surface area contributed by atoms with E-state index in [2.05, 4.69) is 36.7 Å². The van der Waals surface area contributed by atoms with Crippen molar-refractivity contribution in [3.8, 4) is 0 Å². The zero-order chi connectivity index (χ0) is 28.3. The molecule has 0 aromatic heterocycles. The number of hydrogen-bond acceptors (Lipinski definition) is 4. The highest BCUT2D eigenvalue weighted by atomic mass is 35.5. The van der Waals surface area contributed by atoms with Crippen LogP contribution in [0.5, 0.6) is 0 Å². The first-order chi connectivity index (χ1) is 17.7. The Balaban J connectivity index is 0.000000375. The minimum atomic E-state index is -0.689. The quantitative estimate of drug-likeness (QED) is 0.338. The number of carbonyl (C=O) groups is 2. The molecule has 4 N–H and O–H groups in total. The van der Waals surface area contributed by atoms with Crippen molar-refractivity contribution in [1.82, 2.24) is 10.6 Å². The van der Waals surface area contributed by atoms with Gasteiger partial charge in [0.05, 0.1) is 27.3 Å². The second-order valence-electron chi connectivity index (χ2n) is 11.5. The fraction of sp³-hybridized carbons (Fsp3) is 0.500. The lowest BCUT2D eigenvalue weighted by Gasteiger charge is -2.40. The number of amides is 2. The average molecular weight is 571 g/mol. The Labute approximate surface area is 232 Å². The van der Waals surface area contributed by atoms with E-state index in [1.807, 2.05) is 0 Å². The second-order valence-corrected chi connectivity index (χ2v) is 12.3. The molecule has 10 heteroatoms. The van der Waals surface area contributed by atoms with Crippen molar-refractivity contribution in [3.63, 3.8) is 0 Å². The van der Waals surface area contributed by atoms with Gasteiger partial charge in [-0.3, -0.25) is 9.59 Å². The highest BCUT2D eigenvalue weighted by Gasteiger charge is 2.44. The van der Waals surface area contributed by atoms with Crippen LogP contribution in [0.2, 0.25) is 10.0 Å². The van der Waals surface area contributed by atoms with Gasteiger partial charge in [0.25, 0.3) is 0 Å². The zero-order valence-electron chi connectivity index (χ0n) is 22.0. The van der Waals surface area contributed by atoms with Gasteiger partial charge in [-0.05, 0) is 55.4 Å². The normalized spacial score (nSPS) is 26.6. The van der Waals surface area contributed by atoms with Crippen molar-refractivity contribution >= 4 is 41.2 Å². The molecule has 3 atom stereocenters. The van der Waals surface area contributed by atoms with E-state index in [1.54, 1.807) is 25.1 Å². The van der Waals surface area contributed by atoms with Gasteiger partial charge in [0.1, 0.15) is 5.82 Å². The van der Waals surface area contributed by atoms with Gasteiger partial charge >= 0.3 is 0 Å². The monoisotopic (exact) mass is 569 g/mol. The molecule has 2 amide bonds. The van der Waals surface area contributed by atoms with Crippen molar-refractivity contribution in [1.29, 1.82) is 0 Å². The summed E-state index contributed by atoms with van der Waals surface area (Å²) in [4.78, 5) is 23.1. The van der Waals surface area contributed by atoms with Crippen LogP contribution in [0.15, 0.2) is 36.4 Å². The Morgan fingerprint density at radius 3 is 2.32 bits per heavy atom. The highest BCUT2D eigenvalue weighted by Crippen LogP contribution is 2.40. The Kier molecular flexibility index (Phi) is 9.79. The third-order valence-corrected chi connectivity index (χ3v) is 7.45.